The number of aromatic nitrogens is 3. The first-order valence-corrected chi connectivity index (χ1v) is 11.5. The quantitative estimate of drug-likeness (QED) is 0.366. The van der Waals surface area contributed by atoms with Crippen LogP contribution in [-0.2, 0) is 30.8 Å². The summed E-state index contributed by atoms with van der Waals surface area (Å²) in [6.07, 6.45) is 2.21. The summed E-state index contributed by atoms with van der Waals surface area (Å²) in [5, 5.41) is 27.8. The highest BCUT2D eigenvalue weighted by atomic mass is 35.5. The molecule has 0 bridgehead atoms. The second-order valence-electron chi connectivity index (χ2n) is 8.22. The van der Waals surface area contributed by atoms with Crippen molar-refractivity contribution >= 4 is 29.3 Å². The van der Waals surface area contributed by atoms with Gasteiger partial charge in [-0.15, -0.1) is 0 Å². The van der Waals surface area contributed by atoms with Crippen LogP contribution in [0.1, 0.15) is 57.3 Å². The van der Waals surface area contributed by atoms with Gasteiger partial charge in [0.05, 0.1) is 30.0 Å². The number of primary amides is 1. The SMILES string of the molecule is NC(=O)c1c(C(CC(=O)O)c2ccccc2Cl)nn(CCc2ccc3c(n2)NCCC3)c1CO. The van der Waals surface area contributed by atoms with Crippen LogP contribution in [0.25, 0.3) is 0 Å². The number of hydrogen-bond donors (Lipinski definition) is 4. The summed E-state index contributed by atoms with van der Waals surface area (Å²) in [6.45, 7) is 0.729. The van der Waals surface area contributed by atoms with Crippen molar-refractivity contribution in [1.29, 1.82) is 0 Å². The average molecular weight is 484 g/mol. The smallest absolute Gasteiger partial charge is 0.304 e. The molecule has 1 atom stereocenters. The lowest BCUT2D eigenvalue weighted by molar-refractivity contribution is -0.137. The van der Waals surface area contributed by atoms with Gasteiger partial charge >= 0.3 is 5.97 Å². The minimum Gasteiger partial charge on any atom is -0.481 e. The van der Waals surface area contributed by atoms with Crippen molar-refractivity contribution in [3.63, 3.8) is 0 Å². The molecule has 34 heavy (non-hydrogen) atoms. The Morgan fingerprint density at radius 1 is 1.24 bits per heavy atom. The van der Waals surface area contributed by atoms with E-state index in [0.717, 1.165) is 30.9 Å². The standard InChI is InChI=1S/C24H26ClN5O4/c25-18-6-2-1-5-16(18)17(12-20(32)33)22-21(23(26)34)19(13-31)30(29-22)11-9-15-8-7-14-4-3-10-27-24(14)28-15/h1-2,5-8,17,31H,3-4,9-13H2,(H2,26,34)(H,27,28)(H,32,33). The number of nitrogens with zero attached hydrogens (tertiary/aromatic N) is 3. The highest BCUT2D eigenvalue weighted by Crippen LogP contribution is 2.35. The highest BCUT2D eigenvalue weighted by Gasteiger charge is 2.31. The van der Waals surface area contributed by atoms with E-state index >= 15 is 0 Å². The van der Waals surface area contributed by atoms with Crippen LogP contribution in [0, 0.1) is 0 Å². The molecule has 0 spiro atoms. The van der Waals surface area contributed by atoms with E-state index in [1.165, 1.54) is 10.2 Å². The number of pyridine rings is 1. The number of carbonyl (C=O) groups excluding carboxylic acids is 1. The zero-order valence-corrected chi connectivity index (χ0v) is 19.3. The Labute approximate surface area is 201 Å². The van der Waals surface area contributed by atoms with Crippen LogP contribution in [0.5, 0.6) is 0 Å². The molecule has 0 fully saturated rings. The fourth-order valence-corrected chi connectivity index (χ4v) is 4.66. The zero-order valence-electron chi connectivity index (χ0n) is 18.5. The third-order valence-electron chi connectivity index (χ3n) is 6.00. The van der Waals surface area contributed by atoms with Crippen molar-refractivity contribution in [3.8, 4) is 0 Å². The molecule has 9 nitrogen and oxygen atoms in total. The summed E-state index contributed by atoms with van der Waals surface area (Å²) in [5.41, 5.74) is 8.65. The number of aliphatic carboxylic acids is 1. The van der Waals surface area contributed by atoms with Crippen molar-refractivity contribution < 1.29 is 19.8 Å². The monoisotopic (exact) mass is 483 g/mol. The molecule has 0 saturated heterocycles. The number of rotatable bonds is 9. The molecule has 0 saturated carbocycles. The number of amides is 1. The van der Waals surface area contributed by atoms with E-state index in [1.807, 2.05) is 6.07 Å². The van der Waals surface area contributed by atoms with Crippen LogP contribution in [0.4, 0.5) is 5.82 Å². The topological polar surface area (TPSA) is 143 Å². The second kappa shape index (κ2) is 10.2. The van der Waals surface area contributed by atoms with E-state index < -0.39 is 24.4 Å². The molecule has 10 heteroatoms. The van der Waals surface area contributed by atoms with Crippen LogP contribution < -0.4 is 11.1 Å². The fraction of sp³-hybridized carbons (Fsp3) is 0.333. The number of carbonyl (C=O) groups is 2. The molecule has 1 aromatic carbocycles. The van der Waals surface area contributed by atoms with Gasteiger partial charge < -0.3 is 21.3 Å². The molecule has 3 aromatic rings. The first kappa shape index (κ1) is 23.7. The number of benzene rings is 1. The summed E-state index contributed by atoms with van der Waals surface area (Å²) in [4.78, 5) is 28.8. The van der Waals surface area contributed by atoms with Gasteiger partial charge in [0.1, 0.15) is 5.82 Å². The predicted octanol–water partition coefficient (Wildman–Crippen LogP) is 2.73. The van der Waals surface area contributed by atoms with Gasteiger partial charge in [-0.05, 0) is 36.1 Å². The normalized spacial score (nSPS) is 13.7. The summed E-state index contributed by atoms with van der Waals surface area (Å²) < 4.78 is 1.51. The number of aryl methyl sites for hydroxylation is 3. The molecular formula is C24H26ClN5O4. The van der Waals surface area contributed by atoms with E-state index in [4.69, 9.17) is 17.3 Å². The van der Waals surface area contributed by atoms with Crippen molar-refractivity contribution in [2.24, 2.45) is 5.73 Å². The molecule has 1 amide bonds. The minimum absolute atomic E-state index is 0.0220. The Bertz CT molecular complexity index is 1230. The minimum atomic E-state index is -1.08. The number of anilines is 1. The molecule has 178 valence electrons. The summed E-state index contributed by atoms with van der Waals surface area (Å²) in [7, 11) is 0. The van der Waals surface area contributed by atoms with Gasteiger partial charge in [-0.3, -0.25) is 14.3 Å². The fourth-order valence-electron chi connectivity index (χ4n) is 4.39. The summed E-state index contributed by atoms with van der Waals surface area (Å²) in [5.74, 6) is -1.80. The Balaban J connectivity index is 1.71. The van der Waals surface area contributed by atoms with E-state index in [-0.39, 0.29) is 23.4 Å². The van der Waals surface area contributed by atoms with Gasteiger partial charge in [0.25, 0.3) is 5.91 Å². The third-order valence-corrected chi connectivity index (χ3v) is 6.35. The second-order valence-corrected chi connectivity index (χ2v) is 8.62. The van der Waals surface area contributed by atoms with Crippen LogP contribution in [-0.4, -0.2) is 43.4 Å². The number of carboxylic acids is 1. The maximum Gasteiger partial charge on any atom is 0.304 e. The van der Waals surface area contributed by atoms with Crippen molar-refractivity contribution in [1.82, 2.24) is 14.8 Å². The van der Waals surface area contributed by atoms with Crippen LogP contribution in [0.3, 0.4) is 0 Å². The molecular weight excluding hydrogens is 458 g/mol. The third kappa shape index (κ3) is 4.90. The molecule has 3 heterocycles. The molecule has 0 aliphatic carbocycles. The lowest BCUT2D eigenvalue weighted by Gasteiger charge is -2.17. The average Bonchev–Trinajstić information content (AvgIpc) is 3.20. The lowest BCUT2D eigenvalue weighted by atomic mass is 9.89. The Morgan fingerprint density at radius 2 is 2.03 bits per heavy atom. The zero-order chi connectivity index (χ0) is 24.2. The first-order valence-electron chi connectivity index (χ1n) is 11.1. The van der Waals surface area contributed by atoms with E-state index in [9.17, 15) is 19.8 Å². The number of nitrogens with two attached hydrogens (primary N) is 1. The number of fused-ring (bicyclic) bond motifs is 1. The Morgan fingerprint density at radius 3 is 2.74 bits per heavy atom. The number of hydrogen-bond acceptors (Lipinski definition) is 6. The lowest BCUT2D eigenvalue weighted by Crippen LogP contribution is -2.18. The maximum absolute atomic E-state index is 12.4. The van der Waals surface area contributed by atoms with Gasteiger partial charge in [-0.2, -0.15) is 5.10 Å². The molecule has 2 aromatic heterocycles. The van der Waals surface area contributed by atoms with E-state index in [1.54, 1.807) is 24.3 Å². The molecule has 4 rings (SSSR count). The van der Waals surface area contributed by atoms with Crippen LogP contribution in [0.15, 0.2) is 36.4 Å². The predicted molar refractivity (Wildman–Crippen MR) is 127 cm³/mol. The van der Waals surface area contributed by atoms with E-state index in [0.29, 0.717) is 23.6 Å². The summed E-state index contributed by atoms with van der Waals surface area (Å²) >= 11 is 6.36. The molecule has 1 aliphatic heterocycles. The molecule has 1 unspecified atom stereocenters. The summed E-state index contributed by atoms with van der Waals surface area (Å²) in [6, 6.07) is 10.8. The van der Waals surface area contributed by atoms with Crippen LogP contribution in [0.2, 0.25) is 5.02 Å². The van der Waals surface area contributed by atoms with Gasteiger partial charge in [0.2, 0.25) is 0 Å². The van der Waals surface area contributed by atoms with Crippen molar-refractivity contribution in [3.05, 3.63) is 75.2 Å². The number of nitrogens with one attached hydrogen (secondary N) is 1. The highest BCUT2D eigenvalue weighted by molar-refractivity contribution is 6.31. The van der Waals surface area contributed by atoms with Gasteiger partial charge in [0, 0.05) is 36.1 Å². The van der Waals surface area contributed by atoms with Crippen molar-refractivity contribution in [2.75, 3.05) is 11.9 Å². The van der Waals surface area contributed by atoms with Gasteiger partial charge in [-0.25, -0.2) is 4.98 Å². The van der Waals surface area contributed by atoms with Crippen LogP contribution >= 0.6 is 11.6 Å². The number of aliphatic hydroxyl groups excluding tert-OH is 1. The van der Waals surface area contributed by atoms with Gasteiger partial charge in [0.15, 0.2) is 0 Å². The number of carboxylic acid groups (broad SMARTS) is 1. The van der Waals surface area contributed by atoms with Gasteiger partial charge in [-0.1, -0.05) is 35.9 Å². The first-order chi connectivity index (χ1) is 16.4. The Hall–Kier alpha value is -3.43. The largest absolute Gasteiger partial charge is 0.481 e. The molecule has 0 radical (unpaired) electrons. The molecule has 5 N–H and O–H groups in total. The molecule has 1 aliphatic rings. The number of halogens is 1. The number of aliphatic hydroxyl groups is 1. The van der Waals surface area contributed by atoms with E-state index in [2.05, 4.69) is 21.5 Å². The Kier molecular flexibility index (Phi) is 7.14. The maximum atomic E-state index is 12.4. The van der Waals surface area contributed by atoms with Crippen molar-refractivity contribution in [2.45, 2.75) is 44.8 Å².